The van der Waals surface area contributed by atoms with E-state index in [0.29, 0.717) is 18.7 Å². The van der Waals surface area contributed by atoms with E-state index in [2.05, 4.69) is 5.32 Å². The van der Waals surface area contributed by atoms with Gasteiger partial charge in [-0.2, -0.15) is 0 Å². The van der Waals surface area contributed by atoms with E-state index < -0.39 is 5.97 Å². The minimum absolute atomic E-state index is 0.247. The Hall–Kier alpha value is -2.37. The van der Waals surface area contributed by atoms with Crippen molar-refractivity contribution >= 4 is 17.8 Å². The molecule has 1 N–H and O–H groups in total. The second kappa shape index (κ2) is 8.81. The van der Waals surface area contributed by atoms with Gasteiger partial charge in [0.2, 0.25) is 0 Å². The predicted molar refractivity (Wildman–Crippen MR) is 82.4 cm³/mol. The summed E-state index contributed by atoms with van der Waals surface area (Å²) in [7, 11) is 0. The van der Waals surface area contributed by atoms with Crippen LogP contribution in [-0.4, -0.2) is 48.9 Å². The van der Waals surface area contributed by atoms with E-state index in [1.807, 2.05) is 32.9 Å². The molecule has 0 spiro atoms. The van der Waals surface area contributed by atoms with Crippen LogP contribution in [0.5, 0.6) is 0 Å². The highest BCUT2D eigenvalue weighted by Gasteiger charge is 2.13. The number of carbonyl (C=O) groups excluding carboxylic acids is 3. The average molecular weight is 306 g/mol. The SMILES string of the molecule is CCN(CC)C(=O)COC(=O)CNC(=O)c1ccc(C)cc1. The van der Waals surface area contributed by atoms with Crippen molar-refractivity contribution in [3.8, 4) is 0 Å². The third kappa shape index (κ3) is 5.55. The van der Waals surface area contributed by atoms with Gasteiger partial charge in [-0.15, -0.1) is 0 Å². The molecule has 6 heteroatoms. The molecule has 2 amide bonds. The van der Waals surface area contributed by atoms with E-state index >= 15 is 0 Å². The maximum Gasteiger partial charge on any atom is 0.325 e. The summed E-state index contributed by atoms with van der Waals surface area (Å²) in [6.07, 6.45) is 0. The molecule has 1 aromatic carbocycles. The number of amides is 2. The largest absolute Gasteiger partial charge is 0.454 e. The number of hydrogen-bond acceptors (Lipinski definition) is 4. The number of benzene rings is 1. The highest BCUT2D eigenvalue weighted by molar-refractivity contribution is 5.96. The Kier molecular flexibility index (Phi) is 7.08. The zero-order valence-electron chi connectivity index (χ0n) is 13.2. The summed E-state index contributed by atoms with van der Waals surface area (Å²) in [6, 6.07) is 6.99. The number of hydrogen-bond donors (Lipinski definition) is 1. The van der Waals surface area contributed by atoms with E-state index in [9.17, 15) is 14.4 Å². The lowest BCUT2D eigenvalue weighted by Crippen LogP contribution is -2.36. The van der Waals surface area contributed by atoms with Crippen LogP contribution in [0, 0.1) is 6.92 Å². The van der Waals surface area contributed by atoms with Crippen molar-refractivity contribution in [2.24, 2.45) is 0 Å². The van der Waals surface area contributed by atoms with Crippen LogP contribution in [0.1, 0.15) is 29.8 Å². The van der Waals surface area contributed by atoms with Gasteiger partial charge in [0.1, 0.15) is 6.54 Å². The molecule has 6 nitrogen and oxygen atoms in total. The molecular weight excluding hydrogens is 284 g/mol. The molecule has 0 heterocycles. The van der Waals surface area contributed by atoms with Crippen LogP contribution < -0.4 is 5.32 Å². The van der Waals surface area contributed by atoms with Crippen molar-refractivity contribution in [2.75, 3.05) is 26.2 Å². The average Bonchev–Trinajstić information content (AvgIpc) is 2.52. The Bertz CT molecular complexity index is 521. The van der Waals surface area contributed by atoms with Crippen LogP contribution in [0.15, 0.2) is 24.3 Å². The molecule has 1 rings (SSSR count). The number of aryl methyl sites for hydroxylation is 1. The molecule has 0 saturated carbocycles. The summed E-state index contributed by atoms with van der Waals surface area (Å²) in [5.74, 6) is -1.24. The predicted octanol–water partition coefficient (Wildman–Crippen LogP) is 1.14. The van der Waals surface area contributed by atoms with E-state index in [-0.39, 0.29) is 25.0 Å². The fourth-order valence-corrected chi connectivity index (χ4v) is 1.82. The summed E-state index contributed by atoms with van der Waals surface area (Å²) in [5, 5.41) is 2.46. The van der Waals surface area contributed by atoms with Crippen molar-refractivity contribution in [1.82, 2.24) is 10.2 Å². The fraction of sp³-hybridized carbons (Fsp3) is 0.438. The molecule has 1 aromatic rings. The van der Waals surface area contributed by atoms with Crippen LogP contribution in [0.25, 0.3) is 0 Å². The molecule has 0 atom stereocenters. The Morgan fingerprint density at radius 1 is 1.09 bits per heavy atom. The smallest absolute Gasteiger partial charge is 0.325 e. The number of rotatable bonds is 7. The van der Waals surface area contributed by atoms with Crippen molar-refractivity contribution in [2.45, 2.75) is 20.8 Å². The monoisotopic (exact) mass is 306 g/mol. The highest BCUT2D eigenvalue weighted by atomic mass is 16.5. The van der Waals surface area contributed by atoms with Gasteiger partial charge in [-0.1, -0.05) is 17.7 Å². The first kappa shape index (κ1) is 17.7. The Balaban J connectivity index is 2.35. The maximum atomic E-state index is 11.8. The Morgan fingerprint density at radius 3 is 2.23 bits per heavy atom. The highest BCUT2D eigenvalue weighted by Crippen LogP contribution is 2.02. The zero-order chi connectivity index (χ0) is 16.5. The van der Waals surface area contributed by atoms with Crippen LogP contribution >= 0.6 is 0 Å². The molecule has 0 unspecified atom stereocenters. The third-order valence-corrected chi connectivity index (χ3v) is 3.18. The number of ether oxygens (including phenoxy) is 1. The first-order valence-electron chi connectivity index (χ1n) is 7.26. The van der Waals surface area contributed by atoms with Gasteiger partial charge in [0.25, 0.3) is 11.8 Å². The number of esters is 1. The van der Waals surface area contributed by atoms with Crippen molar-refractivity contribution in [3.63, 3.8) is 0 Å². The van der Waals surface area contributed by atoms with Crippen molar-refractivity contribution < 1.29 is 19.1 Å². The molecular formula is C16H22N2O4. The normalized spacial score (nSPS) is 9.95. The maximum absolute atomic E-state index is 11.8. The van der Waals surface area contributed by atoms with Gasteiger partial charge >= 0.3 is 5.97 Å². The lowest BCUT2D eigenvalue weighted by atomic mass is 10.1. The standard InChI is InChI=1S/C16H22N2O4/c1-4-18(5-2)14(19)11-22-15(20)10-17-16(21)13-8-6-12(3)7-9-13/h6-9H,4-5,10-11H2,1-3H3,(H,17,21). The summed E-state index contributed by atoms with van der Waals surface area (Å²) in [4.78, 5) is 36.6. The Morgan fingerprint density at radius 2 is 1.68 bits per heavy atom. The molecule has 0 aromatic heterocycles. The lowest BCUT2D eigenvalue weighted by Gasteiger charge is -2.18. The number of likely N-dealkylation sites (N-methyl/N-ethyl adjacent to an activating group) is 1. The van der Waals surface area contributed by atoms with Crippen molar-refractivity contribution in [1.29, 1.82) is 0 Å². The van der Waals surface area contributed by atoms with E-state index in [0.717, 1.165) is 5.56 Å². The lowest BCUT2D eigenvalue weighted by molar-refractivity contribution is -0.151. The van der Waals surface area contributed by atoms with Crippen molar-refractivity contribution in [3.05, 3.63) is 35.4 Å². The van der Waals surface area contributed by atoms with Crippen LogP contribution in [0.3, 0.4) is 0 Å². The van der Waals surface area contributed by atoms with Gasteiger partial charge < -0.3 is 15.0 Å². The van der Waals surface area contributed by atoms with Gasteiger partial charge in [-0.05, 0) is 32.9 Å². The van der Waals surface area contributed by atoms with Gasteiger partial charge in [-0.25, -0.2) is 0 Å². The first-order valence-corrected chi connectivity index (χ1v) is 7.26. The summed E-state index contributed by atoms with van der Waals surface area (Å²) >= 11 is 0. The van der Waals surface area contributed by atoms with Crippen LogP contribution in [0.2, 0.25) is 0 Å². The molecule has 120 valence electrons. The molecule has 0 aliphatic carbocycles. The van der Waals surface area contributed by atoms with Gasteiger partial charge in [0.15, 0.2) is 6.61 Å². The van der Waals surface area contributed by atoms with Gasteiger partial charge in [-0.3, -0.25) is 14.4 Å². The summed E-state index contributed by atoms with van der Waals surface area (Å²) in [5.41, 5.74) is 1.52. The van der Waals surface area contributed by atoms with Gasteiger partial charge in [0.05, 0.1) is 0 Å². The number of nitrogens with one attached hydrogen (secondary N) is 1. The molecule has 0 fully saturated rings. The fourth-order valence-electron chi connectivity index (χ4n) is 1.82. The van der Waals surface area contributed by atoms with Crippen LogP contribution in [-0.2, 0) is 14.3 Å². The molecule has 0 radical (unpaired) electrons. The molecule has 0 aliphatic heterocycles. The summed E-state index contributed by atoms with van der Waals surface area (Å²) < 4.78 is 4.85. The number of carbonyl (C=O) groups is 3. The second-order valence-corrected chi connectivity index (χ2v) is 4.78. The van der Waals surface area contributed by atoms with Gasteiger partial charge in [0, 0.05) is 18.7 Å². The summed E-state index contributed by atoms with van der Waals surface area (Å²) in [6.45, 7) is 6.19. The van der Waals surface area contributed by atoms with E-state index in [1.54, 1.807) is 17.0 Å². The third-order valence-electron chi connectivity index (χ3n) is 3.18. The number of nitrogens with zero attached hydrogens (tertiary/aromatic N) is 1. The molecule has 0 bridgehead atoms. The van der Waals surface area contributed by atoms with E-state index in [4.69, 9.17) is 4.74 Å². The van der Waals surface area contributed by atoms with E-state index in [1.165, 1.54) is 0 Å². The first-order chi connectivity index (χ1) is 10.5. The molecule has 22 heavy (non-hydrogen) atoms. The minimum atomic E-state index is -0.638. The topological polar surface area (TPSA) is 75.7 Å². The van der Waals surface area contributed by atoms with Crippen LogP contribution in [0.4, 0.5) is 0 Å². The minimum Gasteiger partial charge on any atom is -0.454 e. The zero-order valence-corrected chi connectivity index (χ0v) is 13.2. The molecule has 0 aliphatic rings. The Labute approximate surface area is 130 Å². The molecule has 0 saturated heterocycles. The quantitative estimate of drug-likeness (QED) is 0.766. The second-order valence-electron chi connectivity index (χ2n) is 4.78.